The van der Waals surface area contributed by atoms with Crippen LogP contribution in [0.4, 0.5) is 4.39 Å². The highest BCUT2D eigenvalue weighted by Gasteiger charge is 2.14. The minimum atomic E-state index is -0.308. The third-order valence-corrected chi connectivity index (χ3v) is 4.64. The number of aryl methyl sites for hydroxylation is 2. The van der Waals surface area contributed by atoms with Crippen LogP contribution in [0.15, 0.2) is 24.4 Å². The zero-order valence-corrected chi connectivity index (χ0v) is 14.5. The predicted molar refractivity (Wildman–Crippen MR) is 92.6 cm³/mol. The lowest BCUT2D eigenvalue weighted by atomic mass is 10.0. The number of rotatable bonds is 6. The first kappa shape index (κ1) is 17.5. The number of halogens is 1. The van der Waals surface area contributed by atoms with Gasteiger partial charge in [-0.1, -0.05) is 17.7 Å². The second-order valence-corrected chi connectivity index (χ2v) is 6.56. The summed E-state index contributed by atoms with van der Waals surface area (Å²) in [6.07, 6.45) is 6.34. The standard InChI is InChI=1S/C18H24FN5O/c1-13-5-6-15(19)10-14(13)11-21-18(25)17-12-24(23-22-17)9-7-16-4-2-3-8-20-16/h5-6,10,12,16,20H,2-4,7-9,11H2,1H3,(H,21,25). The van der Waals surface area contributed by atoms with Crippen molar-refractivity contribution in [2.24, 2.45) is 0 Å². The molecule has 1 aliphatic rings. The minimum absolute atomic E-state index is 0.265. The van der Waals surface area contributed by atoms with E-state index in [-0.39, 0.29) is 24.0 Å². The average Bonchev–Trinajstić information content (AvgIpc) is 3.10. The van der Waals surface area contributed by atoms with Crippen molar-refractivity contribution in [1.29, 1.82) is 0 Å². The van der Waals surface area contributed by atoms with E-state index in [1.54, 1.807) is 16.9 Å². The molecule has 2 heterocycles. The van der Waals surface area contributed by atoms with Crippen LogP contribution < -0.4 is 10.6 Å². The van der Waals surface area contributed by atoms with E-state index in [1.807, 2.05) is 6.92 Å². The number of piperidine rings is 1. The Morgan fingerprint density at radius 1 is 1.44 bits per heavy atom. The summed E-state index contributed by atoms with van der Waals surface area (Å²) in [4.78, 5) is 12.2. The molecule has 25 heavy (non-hydrogen) atoms. The van der Waals surface area contributed by atoms with Crippen molar-refractivity contribution in [3.8, 4) is 0 Å². The van der Waals surface area contributed by atoms with Gasteiger partial charge in [-0.2, -0.15) is 0 Å². The fourth-order valence-corrected chi connectivity index (χ4v) is 3.07. The van der Waals surface area contributed by atoms with Crippen molar-refractivity contribution in [1.82, 2.24) is 25.6 Å². The Morgan fingerprint density at radius 2 is 2.32 bits per heavy atom. The molecule has 1 atom stereocenters. The topological polar surface area (TPSA) is 71.8 Å². The van der Waals surface area contributed by atoms with E-state index in [0.29, 0.717) is 6.04 Å². The van der Waals surface area contributed by atoms with Crippen LogP contribution in [-0.4, -0.2) is 33.5 Å². The Balaban J connectivity index is 1.50. The highest BCUT2D eigenvalue weighted by Crippen LogP contribution is 2.11. The molecule has 2 aromatic rings. The van der Waals surface area contributed by atoms with E-state index in [1.165, 1.54) is 31.4 Å². The van der Waals surface area contributed by atoms with Crippen LogP contribution in [0.1, 0.15) is 47.3 Å². The maximum atomic E-state index is 13.3. The van der Waals surface area contributed by atoms with Gasteiger partial charge in [-0.3, -0.25) is 9.48 Å². The zero-order valence-electron chi connectivity index (χ0n) is 14.5. The van der Waals surface area contributed by atoms with Crippen LogP contribution >= 0.6 is 0 Å². The first-order valence-corrected chi connectivity index (χ1v) is 8.78. The molecule has 0 aliphatic carbocycles. The first-order chi connectivity index (χ1) is 12.1. The highest BCUT2D eigenvalue weighted by atomic mass is 19.1. The molecule has 0 radical (unpaired) electrons. The van der Waals surface area contributed by atoms with E-state index >= 15 is 0 Å². The van der Waals surface area contributed by atoms with Gasteiger partial charge in [0.1, 0.15) is 5.82 Å². The van der Waals surface area contributed by atoms with Crippen molar-refractivity contribution in [3.63, 3.8) is 0 Å². The highest BCUT2D eigenvalue weighted by molar-refractivity contribution is 5.91. The van der Waals surface area contributed by atoms with Crippen molar-refractivity contribution in [2.45, 2.75) is 51.7 Å². The number of amides is 1. The summed E-state index contributed by atoms with van der Waals surface area (Å²) in [5, 5.41) is 14.2. The molecule has 1 aliphatic heterocycles. The molecule has 1 aromatic heterocycles. The van der Waals surface area contributed by atoms with Crippen molar-refractivity contribution >= 4 is 5.91 Å². The number of carbonyl (C=O) groups is 1. The van der Waals surface area contributed by atoms with E-state index in [9.17, 15) is 9.18 Å². The molecule has 7 heteroatoms. The lowest BCUT2D eigenvalue weighted by Gasteiger charge is -2.23. The lowest BCUT2D eigenvalue weighted by Crippen LogP contribution is -2.34. The number of nitrogens with one attached hydrogen (secondary N) is 2. The maximum absolute atomic E-state index is 13.3. The van der Waals surface area contributed by atoms with Gasteiger partial charge in [0.2, 0.25) is 0 Å². The maximum Gasteiger partial charge on any atom is 0.273 e. The monoisotopic (exact) mass is 345 g/mol. The van der Waals surface area contributed by atoms with Gasteiger partial charge in [-0.25, -0.2) is 4.39 Å². The number of benzene rings is 1. The van der Waals surface area contributed by atoms with E-state index in [2.05, 4.69) is 20.9 Å². The van der Waals surface area contributed by atoms with Gasteiger partial charge in [-0.05, 0) is 56.0 Å². The molecule has 1 amide bonds. The fraction of sp³-hybridized carbons (Fsp3) is 0.500. The van der Waals surface area contributed by atoms with Gasteiger partial charge in [0, 0.05) is 19.1 Å². The van der Waals surface area contributed by atoms with Crippen LogP contribution in [0.3, 0.4) is 0 Å². The Kier molecular flexibility index (Phi) is 5.75. The Bertz CT molecular complexity index is 724. The molecule has 0 saturated carbocycles. The molecular weight excluding hydrogens is 321 g/mol. The molecule has 134 valence electrons. The van der Waals surface area contributed by atoms with Gasteiger partial charge in [-0.15, -0.1) is 5.10 Å². The number of aromatic nitrogens is 3. The summed E-state index contributed by atoms with van der Waals surface area (Å²) in [7, 11) is 0. The van der Waals surface area contributed by atoms with E-state index in [0.717, 1.165) is 30.6 Å². The SMILES string of the molecule is Cc1ccc(F)cc1CNC(=O)c1cn(CCC2CCCCN2)nn1. The van der Waals surface area contributed by atoms with Crippen molar-refractivity contribution < 1.29 is 9.18 Å². The van der Waals surface area contributed by atoms with E-state index in [4.69, 9.17) is 0 Å². The summed E-state index contributed by atoms with van der Waals surface area (Å²) in [5.74, 6) is -0.609. The van der Waals surface area contributed by atoms with Gasteiger partial charge in [0.15, 0.2) is 5.69 Å². The Labute approximate surface area is 146 Å². The molecule has 1 saturated heterocycles. The number of hydrogen-bond acceptors (Lipinski definition) is 4. The van der Waals surface area contributed by atoms with E-state index < -0.39 is 0 Å². The minimum Gasteiger partial charge on any atom is -0.347 e. The molecule has 0 bridgehead atoms. The van der Waals surface area contributed by atoms with Crippen LogP contribution in [0.5, 0.6) is 0 Å². The third kappa shape index (κ3) is 4.85. The smallest absolute Gasteiger partial charge is 0.273 e. The zero-order chi connectivity index (χ0) is 17.6. The molecular formula is C18H24FN5O. The Morgan fingerprint density at radius 3 is 3.12 bits per heavy atom. The molecule has 6 nitrogen and oxygen atoms in total. The summed E-state index contributed by atoms with van der Waals surface area (Å²) in [5.41, 5.74) is 1.97. The summed E-state index contributed by atoms with van der Waals surface area (Å²) in [6.45, 7) is 3.97. The van der Waals surface area contributed by atoms with Crippen LogP contribution in [0.25, 0.3) is 0 Å². The molecule has 0 spiro atoms. The third-order valence-electron chi connectivity index (χ3n) is 4.64. The van der Waals surface area contributed by atoms with Crippen molar-refractivity contribution in [2.75, 3.05) is 6.54 Å². The molecule has 1 unspecified atom stereocenters. The van der Waals surface area contributed by atoms with Crippen LogP contribution in [0.2, 0.25) is 0 Å². The molecule has 3 rings (SSSR count). The summed E-state index contributed by atoms with van der Waals surface area (Å²) < 4.78 is 15.0. The lowest BCUT2D eigenvalue weighted by molar-refractivity contribution is 0.0945. The van der Waals surface area contributed by atoms with Gasteiger partial charge < -0.3 is 10.6 Å². The number of hydrogen-bond donors (Lipinski definition) is 2. The first-order valence-electron chi connectivity index (χ1n) is 8.78. The fourth-order valence-electron chi connectivity index (χ4n) is 3.07. The quantitative estimate of drug-likeness (QED) is 0.842. The summed E-state index contributed by atoms with van der Waals surface area (Å²) in [6, 6.07) is 5.06. The predicted octanol–water partition coefficient (Wildman–Crippen LogP) is 2.19. The number of nitrogens with zero attached hydrogens (tertiary/aromatic N) is 3. The molecule has 1 aromatic carbocycles. The normalized spacial score (nSPS) is 17.4. The van der Waals surface area contributed by atoms with Gasteiger partial charge >= 0.3 is 0 Å². The average molecular weight is 345 g/mol. The molecule has 2 N–H and O–H groups in total. The summed E-state index contributed by atoms with van der Waals surface area (Å²) >= 11 is 0. The van der Waals surface area contributed by atoms with Crippen molar-refractivity contribution in [3.05, 3.63) is 47.0 Å². The Hall–Kier alpha value is -2.28. The molecule has 1 fully saturated rings. The second kappa shape index (κ2) is 8.20. The van der Waals surface area contributed by atoms with Crippen LogP contribution in [-0.2, 0) is 13.1 Å². The number of carbonyl (C=O) groups excluding carboxylic acids is 1. The van der Waals surface area contributed by atoms with Crippen LogP contribution in [0, 0.1) is 12.7 Å². The van der Waals surface area contributed by atoms with Gasteiger partial charge in [0.05, 0.1) is 6.20 Å². The van der Waals surface area contributed by atoms with Gasteiger partial charge in [0.25, 0.3) is 5.91 Å². The second-order valence-electron chi connectivity index (χ2n) is 6.56. The largest absolute Gasteiger partial charge is 0.347 e.